The summed E-state index contributed by atoms with van der Waals surface area (Å²) in [6.07, 6.45) is -1.32. The van der Waals surface area contributed by atoms with Crippen LogP contribution >= 0.6 is 0 Å². The van der Waals surface area contributed by atoms with Crippen LogP contribution in [0, 0.1) is 12.8 Å². The van der Waals surface area contributed by atoms with Crippen LogP contribution < -0.4 is 4.90 Å². The number of halogens is 3. The lowest BCUT2D eigenvalue weighted by Gasteiger charge is -2.28. The summed E-state index contributed by atoms with van der Waals surface area (Å²) in [4.78, 5) is 15.0. The molecule has 6 heteroatoms. The van der Waals surface area contributed by atoms with Gasteiger partial charge in [0, 0.05) is 32.1 Å². The van der Waals surface area contributed by atoms with E-state index in [2.05, 4.69) is 26.0 Å². The molecule has 178 valence electrons. The molecule has 1 aliphatic carbocycles. The summed E-state index contributed by atoms with van der Waals surface area (Å²) in [7, 11) is 1.82. The Bertz CT molecular complexity index is 1010. The Morgan fingerprint density at radius 1 is 1.03 bits per heavy atom. The molecular formula is C27H32F3NO2. The minimum atomic E-state index is -4.35. The molecule has 2 aromatic carbocycles. The standard InChI is InChI=1S/C27H32F3NO2/c1-5-19-13-17(3)14-20(6-2)25(19)26-23(32)15-18(16-24(26)33)11-12-31(4)22-9-7-21(8-10-22)27(28,29)30/h7-10,13-14,18,32H,5-6,11-12,15-16H2,1-4H3. The van der Waals surface area contributed by atoms with Gasteiger partial charge in [0.2, 0.25) is 0 Å². The van der Waals surface area contributed by atoms with Gasteiger partial charge >= 0.3 is 6.18 Å². The predicted octanol–water partition coefficient (Wildman–Crippen LogP) is 6.91. The first-order valence-electron chi connectivity index (χ1n) is 11.5. The average molecular weight is 460 g/mol. The molecule has 0 bridgehead atoms. The van der Waals surface area contributed by atoms with E-state index < -0.39 is 11.7 Å². The van der Waals surface area contributed by atoms with Crippen LogP contribution in [0.3, 0.4) is 0 Å². The van der Waals surface area contributed by atoms with Crippen molar-refractivity contribution in [3.8, 4) is 0 Å². The minimum absolute atomic E-state index is 0.00116. The fraction of sp³-hybridized carbons (Fsp3) is 0.444. The largest absolute Gasteiger partial charge is 0.512 e. The van der Waals surface area contributed by atoms with Crippen LogP contribution in [0.25, 0.3) is 5.57 Å². The highest BCUT2D eigenvalue weighted by molar-refractivity contribution is 6.22. The van der Waals surface area contributed by atoms with Gasteiger partial charge in [-0.05, 0) is 73.1 Å². The van der Waals surface area contributed by atoms with Gasteiger partial charge < -0.3 is 10.0 Å². The molecule has 0 amide bonds. The number of hydrogen-bond acceptors (Lipinski definition) is 3. The second-order valence-corrected chi connectivity index (χ2v) is 8.94. The summed E-state index contributed by atoms with van der Waals surface area (Å²) in [5, 5.41) is 10.9. The van der Waals surface area contributed by atoms with Gasteiger partial charge in [-0.2, -0.15) is 13.2 Å². The number of aliphatic hydroxyl groups excluding tert-OH is 1. The number of nitrogens with zero attached hydrogens (tertiary/aromatic N) is 1. The topological polar surface area (TPSA) is 40.5 Å². The molecule has 0 spiro atoms. The molecule has 0 saturated heterocycles. The second-order valence-electron chi connectivity index (χ2n) is 8.94. The van der Waals surface area contributed by atoms with E-state index in [4.69, 9.17) is 0 Å². The van der Waals surface area contributed by atoms with Crippen molar-refractivity contribution >= 4 is 17.0 Å². The van der Waals surface area contributed by atoms with Gasteiger partial charge in [0.25, 0.3) is 0 Å². The van der Waals surface area contributed by atoms with Crippen molar-refractivity contribution in [2.24, 2.45) is 5.92 Å². The Morgan fingerprint density at radius 2 is 1.61 bits per heavy atom. The lowest BCUT2D eigenvalue weighted by molar-refractivity contribution is -0.137. The van der Waals surface area contributed by atoms with Crippen LogP contribution in [0.1, 0.15) is 60.9 Å². The van der Waals surface area contributed by atoms with Crippen molar-refractivity contribution < 1.29 is 23.1 Å². The van der Waals surface area contributed by atoms with Crippen LogP contribution in [0.4, 0.5) is 18.9 Å². The monoisotopic (exact) mass is 459 g/mol. The molecule has 1 aliphatic rings. The van der Waals surface area contributed by atoms with Crippen molar-refractivity contribution in [2.75, 3.05) is 18.5 Å². The molecule has 0 aliphatic heterocycles. The number of aryl methyl sites for hydroxylation is 3. The molecule has 0 saturated carbocycles. The number of carbonyl (C=O) groups is 1. The van der Waals surface area contributed by atoms with E-state index >= 15 is 0 Å². The van der Waals surface area contributed by atoms with E-state index in [1.54, 1.807) is 0 Å². The molecule has 0 aromatic heterocycles. The maximum Gasteiger partial charge on any atom is 0.416 e. The molecular weight excluding hydrogens is 427 g/mol. The first-order chi connectivity index (χ1) is 15.5. The van der Waals surface area contributed by atoms with Crippen LogP contribution in [0.5, 0.6) is 0 Å². The van der Waals surface area contributed by atoms with Crippen molar-refractivity contribution in [3.63, 3.8) is 0 Å². The zero-order valence-electron chi connectivity index (χ0n) is 19.7. The van der Waals surface area contributed by atoms with Gasteiger partial charge in [-0.1, -0.05) is 31.5 Å². The number of aliphatic hydroxyl groups is 1. The maximum atomic E-state index is 13.1. The number of carbonyl (C=O) groups excluding carboxylic acids is 1. The quantitative estimate of drug-likeness (QED) is 0.489. The third kappa shape index (κ3) is 5.60. The number of alkyl halides is 3. The van der Waals surface area contributed by atoms with E-state index in [-0.39, 0.29) is 17.5 Å². The Labute approximate surface area is 193 Å². The normalized spacial score (nSPS) is 16.9. The first kappa shape index (κ1) is 24.9. The highest BCUT2D eigenvalue weighted by Crippen LogP contribution is 2.37. The third-order valence-corrected chi connectivity index (χ3v) is 6.49. The predicted molar refractivity (Wildman–Crippen MR) is 127 cm³/mol. The molecule has 1 N–H and O–H groups in total. The smallest absolute Gasteiger partial charge is 0.416 e. The van der Waals surface area contributed by atoms with Crippen molar-refractivity contribution in [1.82, 2.24) is 0 Å². The average Bonchev–Trinajstić information content (AvgIpc) is 2.76. The van der Waals surface area contributed by atoms with Gasteiger partial charge in [0.15, 0.2) is 5.78 Å². The van der Waals surface area contributed by atoms with Crippen LogP contribution in [0.2, 0.25) is 0 Å². The number of allylic oxidation sites excluding steroid dienone is 2. The van der Waals surface area contributed by atoms with Gasteiger partial charge in [0.05, 0.1) is 11.1 Å². The SMILES string of the molecule is CCc1cc(C)cc(CC)c1C1=C(O)CC(CCN(C)c2ccc(C(F)(F)F)cc2)CC1=O. The number of benzene rings is 2. The molecule has 0 heterocycles. The third-order valence-electron chi connectivity index (χ3n) is 6.49. The number of ketones is 1. The lowest BCUT2D eigenvalue weighted by atomic mass is 9.79. The highest BCUT2D eigenvalue weighted by Gasteiger charge is 2.32. The molecule has 3 rings (SSSR count). The lowest BCUT2D eigenvalue weighted by Crippen LogP contribution is -2.25. The zero-order valence-corrected chi connectivity index (χ0v) is 19.7. The molecule has 2 aromatic rings. The molecule has 0 fully saturated rings. The van der Waals surface area contributed by atoms with E-state index in [1.807, 2.05) is 18.9 Å². The Morgan fingerprint density at radius 3 is 2.09 bits per heavy atom. The van der Waals surface area contributed by atoms with Gasteiger partial charge in [-0.3, -0.25) is 4.79 Å². The Hall–Kier alpha value is -2.76. The summed E-state index contributed by atoms with van der Waals surface area (Å²) in [5.74, 6) is 0.120. The Balaban J connectivity index is 1.73. The summed E-state index contributed by atoms with van der Waals surface area (Å²) < 4.78 is 38.3. The summed E-state index contributed by atoms with van der Waals surface area (Å²) in [5.41, 5.74) is 4.70. The van der Waals surface area contributed by atoms with Crippen molar-refractivity contribution in [1.29, 1.82) is 0 Å². The van der Waals surface area contributed by atoms with Crippen LogP contribution in [-0.4, -0.2) is 24.5 Å². The van der Waals surface area contributed by atoms with Gasteiger partial charge in [-0.15, -0.1) is 0 Å². The number of anilines is 1. The Kier molecular flexibility index (Phi) is 7.55. The van der Waals surface area contributed by atoms with Crippen LogP contribution in [0.15, 0.2) is 42.2 Å². The number of hydrogen-bond donors (Lipinski definition) is 1. The van der Waals surface area contributed by atoms with E-state index in [9.17, 15) is 23.1 Å². The minimum Gasteiger partial charge on any atom is -0.512 e. The molecule has 3 nitrogen and oxygen atoms in total. The molecule has 1 unspecified atom stereocenters. The van der Waals surface area contributed by atoms with Crippen molar-refractivity contribution in [2.45, 2.75) is 59.1 Å². The van der Waals surface area contributed by atoms with Crippen LogP contribution in [-0.2, 0) is 23.8 Å². The van der Waals surface area contributed by atoms with Gasteiger partial charge in [0.1, 0.15) is 5.76 Å². The highest BCUT2D eigenvalue weighted by atomic mass is 19.4. The summed E-state index contributed by atoms with van der Waals surface area (Å²) in [6.45, 7) is 6.74. The fourth-order valence-electron chi connectivity index (χ4n) is 4.69. The summed E-state index contributed by atoms with van der Waals surface area (Å²) >= 11 is 0. The second kappa shape index (κ2) is 10.0. The molecule has 0 radical (unpaired) electrons. The zero-order chi connectivity index (χ0) is 24.3. The number of rotatable bonds is 7. The fourth-order valence-corrected chi connectivity index (χ4v) is 4.69. The maximum absolute atomic E-state index is 13.1. The van der Waals surface area contributed by atoms with E-state index in [0.717, 1.165) is 47.2 Å². The van der Waals surface area contributed by atoms with E-state index in [1.165, 1.54) is 12.1 Å². The molecule has 1 atom stereocenters. The molecule has 33 heavy (non-hydrogen) atoms. The van der Waals surface area contributed by atoms with E-state index in [0.29, 0.717) is 37.1 Å². The first-order valence-corrected chi connectivity index (χ1v) is 11.5. The summed E-state index contributed by atoms with van der Waals surface area (Å²) in [6, 6.07) is 9.25. The number of Topliss-reactive ketones (excluding diaryl/α,β-unsaturated/α-hetero) is 1. The van der Waals surface area contributed by atoms with Crippen molar-refractivity contribution in [3.05, 3.63) is 70.0 Å². The van der Waals surface area contributed by atoms with Gasteiger partial charge in [-0.25, -0.2) is 0 Å².